The molecule has 0 atom stereocenters. The molecule has 6 heteroatoms. The number of aromatic nitrogens is 4. The van der Waals surface area contributed by atoms with Crippen molar-refractivity contribution >= 4 is 23.0 Å². The Kier molecular flexibility index (Phi) is 2.66. The molecule has 0 bridgehead atoms. The molecule has 0 amide bonds. The Balaban J connectivity index is 2.38. The molecule has 18 heavy (non-hydrogen) atoms. The number of aromatic amines is 1. The second-order valence-corrected chi connectivity index (χ2v) is 4.20. The largest absolute Gasteiger partial charge is 0.388 e. The highest BCUT2D eigenvalue weighted by molar-refractivity contribution is 7.71. The van der Waals surface area contributed by atoms with E-state index in [0.29, 0.717) is 10.6 Å². The van der Waals surface area contributed by atoms with Crippen molar-refractivity contribution in [3.63, 3.8) is 0 Å². The maximum absolute atomic E-state index is 9.30. The third kappa shape index (κ3) is 1.62. The molecule has 3 rings (SSSR count). The topological polar surface area (TPSA) is 66.7 Å². The number of H-pyrrole nitrogens is 1. The number of benzene rings is 1. The Bertz CT molecular complexity index is 757. The highest BCUT2D eigenvalue weighted by Crippen LogP contribution is 2.22. The molecule has 2 heterocycles. The summed E-state index contributed by atoms with van der Waals surface area (Å²) in [5, 5.41) is 18.0. The predicted octanol–water partition coefficient (Wildman–Crippen LogP) is 1.97. The maximum Gasteiger partial charge on any atom is 0.199 e. The van der Waals surface area contributed by atoms with Crippen molar-refractivity contribution in [2.75, 3.05) is 0 Å². The molecule has 0 saturated carbocycles. The van der Waals surface area contributed by atoms with Crippen molar-refractivity contribution in [2.45, 2.75) is 6.61 Å². The summed E-state index contributed by atoms with van der Waals surface area (Å²) in [6, 6.07) is 7.80. The SMILES string of the molecule is OCc1n[nH]c(=S)n1-c1cccc2ccncc12. The normalized spacial score (nSPS) is 10.9. The Morgan fingerprint density at radius 1 is 1.33 bits per heavy atom. The van der Waals surface area contributed by atoms with Gasteiger partial charge in [0.25, 0.3) is 0 Å². The van der Waals surface area contributed by atoms with Gasteiger partial charge in [0, 0.05) is 17.8 Å². The quantitative estimate of drug-likeness (QED) is 0.690. The second kappa shape index (κ2) is 4.32. The van der Waals surface area contributed by atoms with Crippen LogP contribution in [0, 0.1) is 4.77 Å². The molecule has 1 aromatic carbocycles. The molecule has 0 fully saturated rings. The van der Waals surface area contributed by atoms with Gasteiger partial charge in [-0.1, -0.05) is 12.1 Å². The molecule has 0 saturated heterocycles. The van der Waals surface area contributed by atoms with E-state index < -0.39 is 0 Å². The molecule has 0 unspecified atom stereocenters. The molecule has 2 aromatic heterocycles. The summed E-state index contributed by atoms with van der Waals surface area (Å²) in [6.45, 7) is -0.177. The van der Waals surface area contributed by atoms with E-state index in [9.17, 15) is 5.11 Å². The Morgan fingerprint density at radius 2 is 2.22 bits per heavy atom. The first-order valence-electron chi connectivity index (χ1n) is 5.41. The van der Waals surface area contributed by atoms with E-state index >= 15 is 0 Å². The van der Waals surface area contributed by atoms with Crippen LogP contribution in [0.25, 0.3) is 16.5 Å². The van der Waals surface area contributed by atoms with Gasteiger partial charge in [-0.15, -0.1) is 0 Å². The second-order valence-electron chi connectivity index (χ2n) is 3.81. The van der Waals surface area contributed by atoms with Crippen LogP contribution in [0.2, 0.25) is 0 Å². The van der Waals surface area contributed by atoms with Crippen LogP contribution in [0.4, 0.5) is 0 Å². The number of hydrogen-bond acceptors (Lipinski definition) is 4. The van der Waals surface area contributed by atoms with Crippen molar-refractivity contribution < 1.29 is 5.11 Å². The lowest BCUT2D eigenvalue weighted by Gasteiger charge is -2.08. The minimum absolute atomic E-state index is 0.177. The van der Waals surface area contributed by atoms with Crippen LogP contribution in [0.5, 0.6) is 0 Å². The fourth-order valence-electron chi connectivity index (χ4n) is 1.98. The summed E-state index contributed by atoms with van der Waals surface area (Å²) in [6.07, 6.45) is 3.52. The Labute approximate surface area is 108 Å². The third-order valence-electron chi connectivity index (χ3n) is 2.78. The average Bonchev–Trinajstić information content (AvgIpc) is 2.79. The van der Waals surface area contributed by atoms with Gasteiger partial charge in [-0.25, -0.2) is 0 Å². The first kappa shape index (κ1) is 11.1. The third-order valence-corrected chi connectivity index (χ3v) is 3.06. The zero-order valence-electron chi connectivity index (χ0n) is 9.37. The summed E-state index contributed by atoms with van der Waals surface area (Å²) in [4.78, 5) is 4.13. The van der Waals surface area contributed by atoms with Gasteiger partial charge in [-0.3, -0.25) is 14.6 Å². The molecule has 0 aliphatic rings. The molecule has 0 aliphatic carbocycles. The minimum Gasteiger partial charge on any atom is -0.388 e. The van der Waals surface area contributed by atoms with Crippen molar-refractivity contribution in [1.82, 2.24) is 19.7 Å². The molecule has 0 radical (unpaired) electrons. The zero-order chi connectivity index (χ0) is 12.5. The number of rotatable bonds is 2. The number of fused-ring (bicyclic) bond motifs is 1. The van der Waals surface area contributed by atoms with E-state index in [4.69, 9.17) is 12.2 Å². The highest BCUT2D eigenvalue weighted by Gasteiger charge is 2.10. The fraction of sp³-hybridized carbons (Fsp3) is 0.0833. The van der Waals surface area contributed by atoms with Gasteiger partial charge in [0.05, 0.1) is 5.69 Å². The lowest BCUT2D eigenvalue weighted by Crippen LogP contribution is -2.02. The van der Waals surface area contributed by atoms with E-state index in [1.54, 1.807) is 17.0 Å². The van der Waals surface area contributed by atoms with Crippen molar-refractivity contribution in [3.8, 4) is 5.69 Å². The average molecular weight is 258 g/mol. The lowest BCUT2D eigenvalue weighted by molar-refractivity contribution is 0.269. The van der Waals surface area contributed by atoms with Crippen LogP contribution in [0.3, 0.4) is 0 Å². The van der Waals surface area contributed by atoms with E-state index in [1.165, 1.54) is 0 Å². The highest BCUT2D eigenvalue weighted by atomic mass is 32.1. The van der Waals surface area contributed by atoms with E-state index in [2.05, 4.69) is 15.2 Å². The van der Waals surface area contributed by atoms with Crippen LogP contribution in [0.1, 0.15) is 5.82 Å². The van der Waals surface area contributed by atoms with Crippen LogP contribution in [0.15, 0.2) is 36.7 Å². The van der Waals surface area contributed by atoms with Gasteiger partial charge >= 0.3 is 0 Å². The summed E-state index contributed by atoms with van der Waals surface area (Å²) in [5.41, 5.74) is 0.864. The summed E-state index contributed by atoms with van der Waals surface area (Å²) < 4.78 is 2.18. The van der Waals surface area contributed by atoms with Crippen molar-refractivity contribution in [2.24, 2.45) is 0 Å². The Morgan fingerprint density at radius 3 is 3.06 bits per heavy atom. The lowest BCUT2D eigenvalue weighted by atomic mass is 10.1. The minimum atomic E-state index is -0.177. The van der Waals surface area contributed by atoms with Gasteiger partial charge in [0.15, 0.2) is 10.6 Å². The number of aliphatic hydroxyl groups is 1. The number of nitrogens with one attached hydrogen (secondary N) is 1. The van der Waals surface area contributed by atoms with Crippen molar-refractivity contribution in [3.05, 3.63) is 47.3 Å². The molecule has 3 aromatic rings. The Hall–Kier alpha value is -2.05. The first-order chi connectivity index (χ1) is 8.81. The van der Waals surface area contributed by atoms with E-state index in [1.807, 2.05) is 24.3 Å². The monoisotopic (exact) mass is 258 g/mol. The summed E-state index contributed by atoms with van der Waals surface area (Å²) >= 11 is 5.20. The van der Waals surface area contributed by atoms with Gasteiger partial charge in [-0.2, -0.15) is 5.10 Å². The van der Waals surface area contributed by atoms with E-state index in [-0.39, 0.29) is 6.61 Å². The van der Waals surface area contributed by atoms with Gasteiger partial charge in [0.1, 0.15) is 6.61 Å². The van der Waals surface area contributed by atoms with Gasteiger partial charge in [-0.05, 0) is 29.7 Å². The number of nitrogens with zero attached hydrogens (tertiary/aromatic N) is 3. The van der Waals surface area contributed by atoms with Crippen molar-refractivity contribution in [1.29, 1.82) is 0 Å². The molecule has 2 N–H and O–H groups in total. The molecule has 0 aliphatic heterocycles. The zero-order valence-corrected chi connectivity index (χ0v) is 10.2. The number of aliphatic hydroxyl groups excluding tert-OH is 1. The molecular weight excluding hydrogens is 248 g/mol. The summed E-state index contributed by atoms with van der Waals surface area (Å²) in [7, 11) is 0. The first-order valence-corrected chi connectivity index (χ1v) is 5.82. The summed E-state index contributed by atoms with van der Waals surface area (Å²) in [5.74, 6) is 0.483. The molecule has 0 spiro atoms. The number of hydrogen-bond donors (Lipinski definition) is 2. The smallest absolute Gasteiger partial charge is 0.199 e. The predicted molar refractivity (Wildman–Crippen MR) is 70.0 cm³/mol. The van der Waals surface area contributed by atoms with Gasteiger partial charge in [0.2, 0.25) is 0 Å². The molecule has 90 valence electrons. The standard InChI is InChI=1S/C12H10N4OS/c17-7-11-14-15-12(18)16(11)10-3-1-2-8-4-5-13-6-9(8)10/h1-6,17H,7H2,(H,15,18). The molecule has 5 nitrogen and oxygen atoms in total. The van der Waals surface area contributed by atoms with Gasteiger partial charge < -0.3 is 5.11 Å². The maximum atomic E-state index is 9.30. The fourth-order valence-corrected chi connectivity index (χ4v) is 2.23. The van der Waals surface area contributed by atoms with Crippen LogP contribution >= 0.6 is 12.2 Å². The van der Waals surface area contributed by atoms with E-state index in [0.717, 1.165) is 16.5 Å². The molecular formula is C12H10N4OS. The number of pyridine rings is 1. The van der Waals surface area contributed by atoms with Crippen LogP contribution in [-0.2, 0) is 6.61 Å². The van der Waals surface area contributed by atoms with Crippen LogP contribution in [-0.4, -0.2) is 24.9 Å². The van der Waals surface area contributed by atoms with Crippen LogP contribution < -0.4 is 0 Å².